The second kappa shape index (κ2) is 2.58. The molecule has 0 aromatic rings. The first kappa shape index (κ1) is 8.75. The highest BCUT2D eigenvalue weighted by Crippen LogP contribution is 2.40. The quantitative estimate of drug-likeness (QED) is 0.587. The maximum atomic E-state index is 5.91. The van der Waals surface area contributed by atoms with E-state index in [0.29, 0.717) is 19.8 Å². The third-order valence-corrected chi connectivity index (χ3v) is 2.62. The Morgan fingerprint density at radius 2 is 1.58 bits per heavy atom. The van der Waals surface area contributed by atoms with Gasteiger partial charge in [0.25, 0.3) is 5.97 Å². The van der Waals surface area contributed by atoms with Crippen LogP contribution in [0.15, 0.2) is 0 Å². The lowest BCUT2D eigenvalue weighted by Crippen LogP contribution is -2.62. The Bertz CT molecular complexity index is 168. The Labute approximate surface area is 76.9 Å². The first-order valence-corrected chi connectivity index (χ1v) is 4.56. The molecule has 3 aliphatic rings. The molecule has 0 aliphatic carbocycles. The molecule has 3 rings (SSSR count). The van der Waals surface area contributed by atoms with Crippen molar-refractivity contribution in [2.45, 2.75) is 25.2 Å². The maximum Gasteiger partial charge on any atom is 0.300 e. The van der Waals surface area contributed by atoms with E-state index >= 15 is 0 Å². The summed E-state index contributed by atoms with van der Waals surface area (Å²) >= 11 is 5.91. The van der Waals surface area contributed by atoms with Crippen molar-refractivity contribution in [3.8, 4) is 0 Å². The summed E-state index contributed by atoms with van der Waals surface area (Å²) in [7, 11) is 0. The van der Waals surface area contributed by atoms with Crippen LogP contribution in [0.25, 0.3) is 0 Å². The van der Waals surface area contributed by atoms with E-state index < -0.39 is 5.97 Å². The molecule has 0 N–H and O–H groups in total. The smallest absolute Gasteiger partial charge is 0.300 e. The molecule has 3 heterocycles. The fourth-order valence-corrected chi connectivity index (χ4v) is 1.61. The van der Waals surface area contributed by atoms with E-state index in [4.69, 9.17) is 25.8 Å². The average molecular weight is 193 g/mol. The van der Waals surface area contributed by atoms with Gasteiger partial charge in [-0.15, -0.1) is 11.6 Å². The molecular weight excluding hydrogens is 180 g/mol. The van der Waals surface area contributed by atoms with Gasteiger partial charge in [-0.3, -0.25) is 0 Å². The molecule has 4 heteroatoms. The minimum atomic E-state index is -0.973. The fraction of sp³-hybridized carbons (Fsp3) is 1.00. The molecule has 70 valence electrons. The van der Waals surface area contributed by atoms with Crippen LogP contribution in [0.2, 0.25) is 0 Å². The van der Waals surface area contributed by atoms with Crippen molar-refractivity contribution in [1.29, 1.82) is 0 Å². The minimum absolute atomic E-state index is 0.0214. The Balaban J connectivity index is 2.14. The maximum absolute atomic E-state index is 5.91. The number of hydrogen-bond donors (Lipinski definition) is 0. The van der Waals surface area contributed by atoms with Gasteiger partial charge < -0.3 is 14.2 Å². The van der Waals surface area contributed by atoms with Crippen LogP contribution in [0.1, 0.15) is 13.8 Å². The van der Waals surface area contributed by atoms with Crippen molar-refractivity contribution in [3.05, 3.63) is 0 Å². The van der Waals surface area contributed by atoms with Crippen LogP contribution in [0, 0.1) is 5.41 Å². The Kier molecular flexibility index (Phi) is 1.88. The predicted molar refractivity (Wildman–Crippen MR) is 44.0 cm³/mol. The van der Waals surface area contributed by atoms with Crippen molar-refractivity contribution in [1.82, 2.24) is 0 Å². The summed E-state index contributed by atoms with van der Waals surface area (Å²) in [4.78, 5) is 0. The van der Waals surface area contributed by atoms with Gasteiger partial charge in [-0.1, -0.05) is 6.92 Å². The van der Waals surface area contributed by atoms with Crippen molar-refractivity contribution in [3.63, 3.8) is 0 Å². The van der Waals surface area contributed by atoms with Gasteiger partial charge in [0.05, 0.1) is 19.8 Å². The molecule has 0 aromatic heterocycles. The van der Waals surface area contributed by atoms with Crippen LogP contribution < -0.4 is 0 Å². The highest BCUT2D eigenvalue weighted by molar-refractivity contribution is 6.20. The summed E-state index contributed by atoms with van der Waals surface area (Å²) in [5.41, 5.74) is 0.0214. The zero-order valence-electron chi connectivity index (χ0n) is 7.30. The van der Waals surface area contributed by atoms with E-state index in [1.54, 1.807) is 0 Å². The van der Waals surface area contributed by atoms with Crippen LogP contribution in [0.4, 0.5) is 0 Å². The first-order valence-electron chi connectivity index (χ1n) is 4.12. The van der Waals surface area contributed by atoms with Crippen molar-refractivity contribution in [2.24, 2.45) is 5.41 Å². The molecule has 1 atom stereocenters. The molecule has 3 nitrogen and oxygen atoms in total. The summed E-state index contributed by atoms with van der Waals surface area (Å²) in [6.07, 6.45) is 0. The van der Waals surface area contributed by atoms with E-state index in [-0.39, 0.29) is 10.8 Å². The van der Waals surface area contributed by atoms with Gasteiger partial charge in [0.15, 0.2) is 0 Å². The molecule has 0 unspecified atom stereocenters. The highest BCUT2D eigenvalue weighted by atomic mass is 35.5. The molecule has 0 saturated carbocycles. The molecule has 3 saturated heterocycles. The topological polar surface area (TPSA) is 27.7 Å². The second-order valence-electron chi connectivity index (χ2n) is 3.90. The van der Waals surface area contributed by atoms with Crippen LogP contribution in [-0.4, -0.2) is 31.2 Å². The molecular formula is C8H13ClO3. The molecule has 3 aliphatic heterocycles. The number of ether oxygens (including phenoxy) is 3. The molecule has 0 spiro atoms. The summed E-state index contributed by atoms with van der Waals surface area (Å²) in [5, 5.41) is -0.276. The van der Waals surface area contributed by atoms with Gasteiger partial charge in [0.1, 0.15) is 5.38 Å². The lowest BCUT2D eigenvalue weighted by Gasteiger charge is -2.51. The molecule has 0 radical (unpaired) electrons. The highest BCUT2D eigenvalue weighted by Gasteiger charge is 2.53. The summed E-state index contributed by atoms with van der Waals surface area (Å²) in [6.45, 7) is 5.91. The molecule has 0 amide bonds. The van der Waals surface area contributed by atoms with Gasteiger partial charge in [-0.05, 0) is 6.92 Å². The van der Waals surface area contributed by atoms with Crippen molar-refractivity contribution < 1.29 is 14.2 Å². The van der Waals surface area contributed by atoms with Gasteiger partial charge >= 0.3 is 0 Å². The number of fused-ring (bicyclic) bond motifs is 3. The Hall–Kier alpha value is 0.170. The lowest BCUT2D eigenvalue weighted by atomic mass is 9.91. The lowest BCUT2D eigenvalue weighted by molar-refractivity contribution is -0.464. The van der Waals surface area contributed by atoms with Crippen LogP contribution in [-0.2, 0) is 14.2 Å². The molecule has 2 bridgehead atoms. The average Bonchev–Trinajstić information content (AvgIpc) is 2.06. The molecule has 0 aromatic carbocycles. The van der Waals surface area contributed by atoms with E-state index in [0.717, 1.165) is 0 Å². The Morgan fingerprint density at radius 3 is 1.92 bits per heavy atom. The van der Waals surface area contributed by atoms with Crippen molar-refractivity contribution >= 4 is 11.6 Å². The standard InChI is InChI=1S/C8H13ClO3/c1-6(9)8-10-3-7(2,4-11-8)5-12-8/h6H,3-5H2,1-2H3/t6-,7?,8?/m0/s1. The molecule has 3 fully saturated rings. The first-order chi connectivity index (χ1) is 5.56. The SMILES string of the molecule is C[C@H](Cl)C12OCC(C)(CO1)CO2. The number of halogens is 1. The number of alkyl halides is 1. The normalized spacial score (nSPS) is 49.2. The zero-order valence-corrected chi connectivity index (χ0v) is 8.06. The van der Waals surface area contributed by atoms with E-state index in [2.05, 4.69) is 6.92 Å². The van der Waals surface area contributed by atoms with Gasteiger partial charge in [0.2, 0.25) is 0 Å². The van der Waals surface area contributed by atoms with E-state index in [9.17, 15) is 0 Å². The second-order valence-corrected chi connectivity index (χ2v) is 4.55. The van der Waals surface area contributed by atoms with Crippen LogP contribution in [0.3, 0.4) is 0 Å². The third-order valence-electron chi connectivity index (χ3n) is 2.35. The number of hydrogen-bond acceptors (Lipinski definition) is 3. The summed E-state index contributed by atoms with van der Waals surface area (Å²) in [6, 6.07) is 0. The van der Waals surface area contributed by atoms with Crippen LogP contribution in [0.5, 0.6) is 0 Å². The van der Waals surface area contributed by atoms with E-state index in [1.807, 2.05) is 6.92 Å². The third kappa shape index (κ3) is 1.16. The summed E-state index contributed by atoms with van der Waals surface area (Å²) in [5.74, 6) is -0.973. The molecule has 12 heavy (non-hydrogen) atoms. The summed E-state index contributed by atoms with van der Waals surface area (Å²) < 4.78 is 16.4. The van der Waals surface area contributed by atoms with Gasteiger partial charge in [-0.2, -0.15) is 0 Å². The predicted octanol–water partition coefficient (Wildman–Crippen LogP) is 1.35. The van der Waals surface area contributed by atoms with Crippen molar-refractivity contribution in [2.75, 3.05) is 19.8 Å². The van der Waals surface area contributed by atoms with Crippen LogP contribution >= 0.6 is 11.6 Å². The van der Waals surface area contributed by atoms with Gasteiger partial charge in [-0.25, -0.2) is 0 Å². The minimum Gasteiger partial charge on any atom is -0.326 e. The van der Waals surface area contributed by atoms with E-state index in [1.165, 1.54) is 0 Å². The number of rotatable bonds is 1. The largest absolute Gasteiger partial charge is 0.326 e. The zero-order chi connectivity index (χ0) is 8.82. The monoisotopic (exact) mass is 192 g/mol. The van der Waals surface area contributed by atoms with Gasteiger partial charge in [0, 0.05) is 5.41 Å². The fourth-order valence-electron chi connectivity index (χ4n) is 1.42. The Morgan fingerprint density at radius 1 is 1.17 bits per heavy atom.